The molecule has 5 rings (SSSR count). The van der Waals surface area contributed by atoms with Crippen molar-refractivity contribution in [2.45, 2.75) is 84.1 Å². The van der Waals surface area contributed by atoms with Gasteiger partial charge in [-0.2, -0.15) is 0 Å². The molecule has 2 aliphatic heterocycles. The van der Waals surface area contributed by atoms with E-state index in [1.807, 2.05) is 24.8 Å². The highest BCUT2D eigenvalue weighted by Gasteiger charge is 2.39. The van der Waals surface area contributed by atoms with Crippen LogP contribution in [0, 0.1) is 19.8 Å². The standard InChI is InChI=1S/C32H46N6O4/c1-21-17-26(35-22(2)27(21)31(40)41-5)37-13-14-38(32(3,4)20-37)30(39)25-19-34-29(33-18-23-9-7-6-8-10-23)28(36-25)24-11-15-42-16-12-24/h17,19,23-24H,6-16,18,20H2,1-5H3,(H,33,34). The Hall–Kier alpha value is -3.27. The first kappa shape index (κ1) is 30.2. The molecule has 3 aliphatic rings. The van der Waals surface area contributed by atoms with E-state index in [2.05, 4.69) is 24.1 Å². The van der Waals surface area contributed by atoms with E-state index in [0.29, 0.717) is 55.7 Å². The summed E-state index contributed by atoms with van der Waals surface area (Å²) in [4.78, 5) is 44.8. The van der Waals surface area contributed by atoms with Crippen LogP contribution in [0.5, 0.6) is 0 Å². The minimum absolute atomic E-state index is 0.0966. The van der Waals surface area contributed by atoms with Crippen LogP contribution in [0.15, 0.2) is 12.3 Å². The Morgan fingerprint density at radius 2 is 1.81 bits per heavy atom. The molecule has 1 N–H and O–H groups in total. The van der Waals surface area contributed by atoms with E-state index in [9.17, 15) is 9.59 Å². The number of amides is 1. The third kappa shape index (κ3) is 6.53. The molecule has 0 radical (unpaired) electrons. The zero-order valence-corrected chi connectivity index (χ0v) is 25.9. The smallest absolute Gasteiger partial charge is 0.339 e. The van der Waals surface area contributed by atoms with Gasteiger partial charge in [-0.3, -0.25) is 4.79 Å². The fourth-order valence-electron chi connectivity index (χ4n) is 6.78. The first-order chi connectivity index (χ1) is 20.2. The van der Waals surface area contributed by atoms with Gasteiger partial charge in [0, 0.05) is 45.3 Å². The van der Waals surface area contributed by atoms with Crippen LogP contribution in [0.25, 0.3) is 0 Å². The summed E-state index contributed by atoms with van der Waals surface area (Å²) in [5.41, 5.74) is 2.80. The summed E-state index contributed by atoms with van der Waals surface area (Å²) in [6, 6.07) is 1.93. The van der Waals surface area contributed by atoms with Crippen molar-refractivity contribution in [3.8, 4) is 0 Å². The topological polar surface area (TPSA) is 110 Å². The van der Waals surface area contributed by atoms with Crippen molar-refractivity contribution in [3.05, 3.63) is 40.5 Å². The van der Waals surface area contributed by atoms with Crippen LogP contribution in [0.1, 0.15) is 103 Å². The largest absolute Gasteiger partial charge is 0.465 e. The highest BCUT2D eigenvalue weighted by Crippen LogP contribution is 2.33. The molecule has 0 unspecified atom stereocenters. The molecule has 2 saturated heterocycles. The van der Waals surface area contributed by atoms with Gasteiger partial charge in [-0.05, 0) is 70.9 Å². The minimum atomic E-state index is -0.474. The van der Waals surface area contributed by atoms with Crippen LogP contribution in [-0.4, -0.2) is 83.8 Å². The van der Waals surface area contributed by atoms with Crippen LogP contribution in [-0.2, 0) is 9.47 Å². The Morgan fingerprint density at radius 3 is 2.48 bits per heavy atom. The zero-order valence-electron chi connectivity index (χ0n) is 25.9. The maximum atomic E-state index is 14.0. The molecule has 1 saturated carbocycles. The third-order valence-electron chi connectivity index (χ3n) is 9.15. The molecule has 10 heteroatoms. The average Bonchev–Trinajstić information content (AvgIpc) is 2.99. The first-order valence-corrected chi connectivity index (χ1v) is 15.5. The van der Waals surface area contributed by atoms with Crippen molar-refractivity contribution in [1.29, 1.82) is 0 Å². The predicted molar refractivity (Wildman–Crippen MR) is 162 cm³/mol. The number of carbonyl (C=O) groups excluding carboxylic acids is 2. The minimum Gasteiger partial charge on any atom is -0.465 e. The van der Waals surface area contributed by atoms with Gasteiger partial charge in [0.15, 0.2) is 0 Å². The molecule has 2 aromatic heterocycles. The van der Waals surface area contributed by atoms with E-state index in [1.165, 1.54) is 39.2 Å². The van der Waals surface area contributed by atoms with E-state index in [1.54, 1.807) is 6.20 Å². The van der Waals surface area contributed by atoms with Gasteiger partial charge in [0.1, 0.15) is 17.3 Å². The van der Waals surface area contributed by atoms with Crippen molar-refractivity contribution in [1.82, 2.24) is 19.9 Å². The zero-order chi connectivity index (χ0) is 29.9. The summed E-state index contributed by atoms with van der Waals surface area (Å²) in [5, 5.41) is 3.61. The Morgan fingerprint density at radius 1 is 1.07 bits per heavy atom. The molecule has 42 heavy (non-hydrogen) atoms. The second kappa shape index (κ2) is 12.9. The fourth-order valence-corrected chi connectivity index (χ4v) is 6.78. The van der Waals surface area contributed by atoms with Gasteiger partial charge in [-0.1, -0.05) is 19.3 Å². The van der Waals surface area contributed by atoms with Gasteiger partial charge < -0.3 is 24.6 Å². The summed E-state index contributed by atoms with van der Waals surface area (Å²) in [5.74, 6) is 2.04. The third-order valence-corrected chi connectivity index (χ3v) is 9.15. The van der Waals surface area contributed by atoms with E-state index in [0.717, 1.165) is 42.3 Å². The summed E-state index contributed by atoms with van der Waals surface area (Å²) in [6.45, 7) is 11.9. The van der Waals surface area contributed by atoms with Gasteiger partial charge in [-0.15, -0.1) is 0 Å². The number of ether oxygens (including phenoxy) is 2. The van der Waals surface area contributed by atoms with E-state index >= 15 is 0 Å². The van der Waals surface area contributed by atoms with Crippen molar-refractivity contribution in [3.63, 3.8) is 0 Å². The molecule has 0 bridgehead atoms. The Bertz CT molecular complexity index is 1260. The highest BCUT2D eigenvalue weighted by molar-refractivity contribution is 5.93. The lowest BCUT2D eigenvalue weighted by molar-refractivity contribution is 0.0504. The molecule has 1 aliphatic carbocycles. The van der Waals surface area contributed by atoms with Crippen LogP contribution in [0.3, 0.4) is 0 Å². The maximum Gasteiger partial charge on any atom is 0.339 e. The van der Waals surface area contributed by atoms with Crippen LogP contribution in [0.2, 0.25) is 0 Å². The summed E-state index contributed by atoms with van der Waals surface area (Å²) in [6.07, 6.45) is 9.87. The Kier molecular flexibility index (Phi) is 9.30. The molecular weight excluding hydrogens is 532 g/mol. The number of anilines is 2. The lowest BCUT2D eigenvalue weighted by Gasteiger charge is -2.47. The molecule has 0 aromatic carbocycles. The molecular formula is C32H46N6O4. The fraction of sp³-hybridized carbons (Fsp3) is 0.656. The average molecular weight is 579 g/mol. The lowest BCUT2D eigenvalue weighted by atomic mass is 9.89. The normalized spacial score (nSPS) is 19.9. The monoisotopic (exact) mass is 578 g/mol. The number of rotatable bonds is 7. The number of nitrogens with one attached hydrogen (secondary N) is 1. The summed E-state index contributed by atoms with van der Waals surface area (Å²) >= 11 is 0. The van der Waals surface area contributed by atoms with Crippen LogP contribution < -0.4 is 10.2 Å². The highest BCUT2D eigenvalue weighted by atomic mass is 16.5. The Labute approximate surface area is 249 Å². The number of piperazine rings is 1. The number of hydrogen-bond acceptors (Lipinski definition) is 9. The van der Waals surface area contributed by atoms with Crippen molar-refractivity contribution < 1.29 is 19.1 Å². The van der Waals surface area contributed by atoms with Crippen molar-refractivity contribution in [2.75, 3.05) is 56.7 Å². The number of hydrogen-bond donors (Lipinski definition) is 1. The Balaban J connectivity index is 1.33. The van der Waals surface area contributed by atoms with Gasteiger partial charge in [-0.25, -0.2) is 19.7 Å². The van der Waals surface area contributed by atoms with Crippen LogP contribution >= 0.6 is 0 Å². The second-order valence-corrected chi connectivity index (χ2v) is 12.7. The number of nitrogens with zero attached hydrogens (tertiary/aromatic N) is 5. The van der Waals surface area contributed by atoms with Gasteiger partial charge in [0.05, 0.1) is 35.8 Å². The summed E-state index contributed by atoms with van der Waals surface area (Å²) in [7, 11) is 1.38. The lowest BCUT2D eigenvalue weighted by Crippen LogP contribution is -2.61. The van der Waals surface area contributed by atoms with Gasteiger partial charge in [0.2, 0.25) is 0 Å². The number of pyridine rings is 1. The SMILES string of the molecule is COC(=O)c1c(C)cc(N2CCN(C(=O)c3cnc(NCC4CCCCC4)c(C4CCOCC4)n3)C(C)(C)C2)nc1C. The number of aromatic nitrogens is 3. The predicted octanol–water partition coefficient (Wildman–Crippen LogP) is 4.90. The van der Waals surface area contributed by atoms with Crippen molar-refractivity contribution in [2.24, 2.45) is 5.92 Å². The molecule has 4 heterocycles. The molecule has 10 nitrogen and oxygen atoms in total. The van der Waals surface area contributed by atoms with Crippen molar-refractivity contribution >= 4 is 23.5 Å². The number of methoxy groups -OCH3 is 1. The molecule has 1 amide bonds. The summed E-state index contributed by atoms with van der Waals surface area (Å²) < 4.78 is 10.6. The number of esters is 1. The van der Waals surface area contributed by atoms with E-state index < -0.39 is 5.54 Å². The van der Waals surface area contributed by atoms with Crippen LogP contribution in [0.4, 0.5) is 11.6 Å². The van der Waals surface area contributed by atoms with E-state index in [-0.39, 0.29) is 17.8 Å². The van der Waals surface area contributed by atoms with E-state index in [4.69, 9.17) is 24.4 Å². The van der Waals surface area contributed by atoms with Gasteiger partial charge >= 0.3 is 5.97 Å². The van der Waals surface area contributed by atoms with Gasteiger partial charge in [0.25, 0.3) is 5.91 Å². The number of carbonyl (C=O) groups is 2. The molecule has 0 spiro atoms. The molecule has 0 atom stereocenters. The molecule has 228 valence electrons. The molecule has 2 aromatic rings. The molecule has 3 fully saturated rings. The maximum absolute atomic E-state index is 14.0. The number of aryl methyl sites for hydroxylation is 2. The second-order valence-electron chi connectivity index (χ2n) is 12.7. The quantitative estimate of drug-likeness (QED) is 0.459. The first-order valence-electron chi connectivity index (χ1n) is 15.5.